The predicted molar refractivity (Wildman–Crippen MR) is 105 cm³/mol. The van der Waals surface area contributed by atoms with Gasteiger partial charge in [-0.15, -0.1) is 0 Å². The summed E-state index contributed by atoms with van der Waals surface area (Å²) >= 11 is 2.23. The predicted octanol–water partition coefficient (Wildman–Crippen LogP) is 3.43. The zero-order valence-corrected chi connectivity index (χ0v) is 16.6. The molecule has 2 aliphatic rings. The Kier molecular flexibility index (Phi) is 6.33. The number of hydrogen-bond acceptors (Lipinski definition) is 3. The Morgan fingerprint density at radius 1 is 1.16 bits per heavy atom. The van der Waals surface area contributed by atoms with E-state index in [1.165, 1.54) is 0 Å². The first-order valence-electron chi connectivity index (χ1n) is 8.97. The highest BCUT2D eigenvalue weighted by molar-refractivity contribution is 14.1. The number of benzene rings is 1. The molecule has 0 unspecified atom stereocenters. The van der Waals surface area contributed by atoms with Gasteiger partial charge in [0.2, 0.25) is 11.8 Å². The second-order valence-corrected chi connectivity index (χ2v) is 8.36. The first-order chi connectivity index (χ1) is 12.1. The number of nitrogens with zero attached hydrogens (tertiary/aromatic N) is 1. The number of nitrogens with one attached hydrogen (secondary N) is 1. The van der Waals surface area contributed by atoms with Crippen LogP contribution in [-0.2, 0) is 14.3 Å². The average Bonchev–Trinajstić information content (AvgIpc) is 3.03. The fourth-order valence-electron chi connectivity index (χ4n) is 3.90. The van der Waals surface area contributed by atoms with E-state index in [1.54, 1.807) is 0 Å². The van der Waals surface area contributed by atoms with Gasteiger partial charge in [0.05, 0.1) is 13.2 Å². The number of morpholine rings is 1. The Morgan fingerprint density at radius 3 is 2.56 bits per heavy atom. The monoisotopic (exact) mass is 456 g/mol. The lowest BCUT2D eigenvalue weighted by Crippen LogP contribution is -2.43. The van der Waals surface area contributed by atoms with Gasteiger partial charge in [-0.25, -0.2) is 0 Å². The molecule has 3 rings (SSSR count). The van der Waals surface area contributed by atoms with Crippen LogP contribution in [0.2, 0.25) is 0 Å². The molecule has 1 saturated heterocycles. The quantitative estimate of drug-likeness (QED) is 0.691. The van der Waals surface area contributed by atoms with Crippen molar-refractivity contribution in [3.8, 4) is 0 Å². The maximum absolute atomic E-state index is 12.7. The summed E-state index contributed by atoms with van der Waals surface area (Å²) in [7, 11) is 0. The molecular weight excluding hydrogens is 431 g/mol. The largest absolute Gasteiger partial charge is 0.378 e. The minimum Gasteiger partial charge on any atom is -0.378 e. The molecule has 1 aromatic rings. The first kappa shape index (κ1) is 18.6. The molecule has 1 saturated carbocycles. The van der Waals surface area contributed by atoms with Gasteiger partial charge < -0.3 is 15.0 Å². The average molecular weight is 456 g/mol. The normalized spacial score (nSPS) is 19.6. The van der Waals surface area contributed by atoms with E-state index in [0.717, 1.165) is 34.9 Å². The molecule has 5 nitrogen and oxygen atoms in total. The summed E-state index contributed by atoms with van der Waals surface area (Å²) in [5, 5.41) is 3.00. The topological polar surface area (TPSA) is 58.6 Å². The van der Waals surface area contributed by atoms with Crippen molar-refractivity contribution < 1.29 is 14.3 Å². The molecule has 1 aromatic carbocycles. The van der Waals surface area contributed by atoms with Gasteiger partial charge in [0, 0.05) is 35.2 Å². The van der Waals surface area contributed by atoms with Gasteiger partial charge in [-0.05, 0) is 59.0 Å². The third kappa shape index (κ3) is 5.17. The van der Waals surface area contributed by atoms with Gasteiger partial charge in [0.1, 0.15) is 0 Å². The molecule has 1 N–H and O–H groups in total. The van der Waals surface area contributed by atoms with Crippen LogP contribution in [0.25, 0.3) is 0 Å². The number of carbonyl (C=O) groups is 2. The van der Waals surface area contributed by atoms with Crippen LogP contribution in [0.4, 0.5) is 5.69 Å². The zero-order chi connectivity index (χ0) is 17.7. The Labute approximate surface area is 162 Å². The van der Waals surface area contributed by atoms with Crippen LogP contribution in [0.5, 0.6) is 0 Å². The number of ether oxygens (including phenoxy) is 1. The molecule has 2 fully saturated rings. The lowest BCUT2D eigenvalue weighted by Gasteiger charge is -2.33. The van der Waals surface area contributed by atoms with Crippen LogP contribution < -0.4 is 5.32 Å². The molecule has 1 aliphatic carbocycles. The van der Waals surface area contributed by atoms with E-state index < -0.39 is 0 Å². The number of halogens is 1. The van der Waals surface area contributed by atoms with Gasteiger partial charge in [-0.3, -0.25) is 9.59 Å². The highest BCUT2D eigenvalue weighted by Crippen LogP contribution is 2.44. The van der Waals surface area contributed by atoms with E-state index in [1.807, 2.05) is 29.2 Å². The number of anilines is 1. The van der Waals surface area contributed by atoms with Gasteiger partial charge in [-0.1, -0.05) is 18.9 Å². The number of hydrogen-bond donors (Lipinski definition) is 1. The highest BCUT2D eigenvalue weighted by atomic mass is 127. The zero-order valence-electron chi connectivity index (χ0n) is 14.4. The van der Waals surface area contributed by atoms with Gasteiger partial charge in [0.25, 0.3) is 0 Å². The lowest BCUT2D eigenvalue weighted by molar-refractivity contribution is -0.138. The second kappa shape index (κ2) is 8.49. The molecule has 25 heavy (non-hydrogen) atoms. The van der Waals surface area contributed by atoms with Crippen molar-refractivity contribution in [2.45, 2.75) is 38.5 Å². The molecule has 136 valence electrons. The smallest absolute Gasteiger partial charge is 0.224 e. The molecule has 0 atom stereocenters. The third-order valence-corrected chi connectivity index (χ3v) is 5.87. The SMILES string of the molecule is O=C(CC1(CC(=O)N2CCOCC2)CCCC1)Nc1cccc(I)c1. The summed E-state index contributed by atoms with van der Waals surface area (Å²) < 4.78 is 6.42. The van der Waals surface area contributed by atoms with Crippen molar-refractivity contribution >= 4 is 40.1 Å². The van der Waals surface area contributed by atoms with Crippen LogP contribution in [-0.4, -0.2) is 43.0 Å². The van der Waals surface area contributed by atoms with E-state index in [0.29, 0.717) is 39.1 Å². The van der Waals surface area contributed by atoms with Crippen LogP contribution >= 0.6 is 22.6 Å². The minimum atomic E-state index is -0.179. The number of rotatable bonds is 5. The highest BCUT2D eigenvalue weighted by Gasteiger charge is 2.39. The molecule has 0 radical (unpaired) electrons. The summed E-state index contributed by atoms with van der Waals surface area (Å²) in [5.74, 6) is 0.186. The fraction of sp³-hybridized carbons (Fsp3) is 0.579. The first-order valence-corrected chi connectivity index (χ1v) is 10.1. The fourth-order valence-corrected chi connectivity index (χ4v) is 4.44. The van der Waals surface area contributed by atoms with Crippen molar-refractivity contribution in [2.24, 2.45) is 5.41 Å². The molecule has 1 aliphatic heterocycles. The summed E-state index contributed by atoms with van der Waals surface area (Å²) in [5.41, 5.74) is 0.644. The molecule has 0 aromatic heterocycles. The van der Waals surface area contributed by atoms with Crippen LogP contribution in [0.15, 0.2) is 24.3 Å². The molecule has 6 heteroatoms. The summed E-state index contributed by atoms with van der Waals surface area (Å²) in [6.45, 7) is 2.57. The van der Waals surface area contributed by atoms with E-state index in [4.69, 9.17) is 4.74 Å². The molecule has 1 heterocycles. The summed E-state index contributed by atoms with van der Waals surface area (Å²) in [6.07, 6.45) is 5.03. The minimum absolute atomic E-state index is 0.0127. The van der Waals surface area contributed by atoms with Crippen LogP contribution in [0, 0.1) is 8.99 Å². The second-order valence-electron chi connectivity index (χ2n) is 7.11. The Balaban J connectivity index is 1.61. The maximum atomic E-state index is 12.7. The number of amides is 2. The van der Waals surface area contributed by atoms with Crippen molar-refractivity contribution in [3.05, 3.63) is 27.8 Å². The van der Waals surface area contributed by atoms with Gasteiger partial charge in [0.15, 0.2) is 0 Å². The van der Waals surface area contributed by atoms with Crippen LogP contribution in [0.3, 0.4) is 0 Å². The Hall–Kier alpha value is -1.15. The van der Waals surface area contributed by atoms with Gasteiger partial charge >= 0.3 is 0 Å². The van der Waals surface area contributed by atoms with Crippen molar-refractivity contribution in [2.75, 3.05) is 31.6 Å². The lowest BCUT2D eigenvalue weighted by atomic mass is 9.78. The standard InChI is InChI=1S/C19H25IN2O3/c20-15-4-3-5-16(12-15)21-17(23)13-19(6-1-2-7-19)14-18(24)22-8-10-25-11-9-22/h3-5,12H,1-2,6-11,13-14H2,(H,21,23). The van der Waals surface area contributed by atoms with Crippen molar-refractivity contribution in [1.29, 1.82) is 0 Å². The van der Waals surface area contributed by atoms with E-state index >= 15 is 0 Å². The summed E-state index contributed by atoms with van der Waals surface area (Å²) in [4.78, 5) is 27.2. The number of carbonyl (C=O) groups excluding carboxylic acids is 2. The van der Waals surface area contributed by atoms with Crippen molar-refractivity contribution in [3.63, 3.8) is 0 Å². The van der Waals surface area contributed by atoms with Crippen molar-refractivity contribution in [1.82, 2.24) is 4.90 Å². The molecule has 2 amide bonds. The molecule has 0 spiro atoms. The molecule has 0 bridgehead atoms. The molecular formula is C19H25IN2O3. The Morgan fingerprint density at radius 2 is 1.88 bits per heavy atom. The van der Waals surface area contributed by atoms with E-state index in [9.17, 15) is 9.59 Å². The summed E-state index contributed by atoms with van der Waals surface area (Å²) in [6, 6.07) is 7.79. The van der Waals surface area contributed by atoms with E-state index in [-0.39, 0.29) is 17.2 Å². The van der Waals surface area contributed by atoms with Gasteiger partial charge in [-0.2, -0.15) is 0 Å². The Bertz CT molecular complexity index is 623. The third-order valence-electron chi connectivity index (χ3n) is 5.20. The maximum Gasteiger partial charge on any atom is 0.224 e. The van der Waals surface area contributed by atoms with Crippen LogP contribution in [0.1, 0.15) is 38.5 Å². The van der Waals surface area contributed by atoms with E-state index in [2.05, 4.69) is 27.9 Å².